The molecule has 1 aromatic rings. The van der Waals surface area contributed by atoms with Gasteiger partial charge in [-0.15, -0.1) is 0 Å². The molecule has 1 aromatic carbocycles. The second-order valence-electron chi connectivity index (χ2n) is 8.73. The van der Waals surface area contributed by atoms with Crippen molar-refractivity contribution in [3.05, 3.63) is 35.9 Å². The van der Waals surface area contributed by atoms with E-state index in [4.69, 9.17) is 22.9 Å². The Bertz CT molecular complexity index is 930. The van der Waals surface area contributed by atoms with Crippen molar-refractivity contribution in [3.63, 3.8) is 0 Å². The van der Waals surface area contributed by atoms with E-state index in [1.165, 1.54) is 0 Å². The minimum atomic E-state index is -1.22. The highest BCUT2D eigenvalue weighted by Crippen LogP contribution is 2.06. The Hall–Kier alpha value is -3.36. The van der Waals surface area contributed by atoms with E-state index in [2.05, 4.69) is 33.6 Å². The van der Waals surface area contributed by atoms with Crippen molar-refractivity contribution in [2.75, 3.05) is 18.8 Å². The number of rotatable bonds is 18. The van der Waals surface area contributed by atoms with Gasteiger partial charge in [-0.2, -0.15) is 12.6 Å². The van der Waals surface area contributed by atoms with Crippen LogP contribution in [0.5, 0.6) is 0 Å². The van der Waals surface area contributed by atoms with Gasteiger partial charge in [0.1, 0.15) is 18.1 Å². The van der Waals surface area contributed by atoms with Crippen LogP contribution in [0.15, 0.2) is 35.3 Å². The summed E-state index contributed by atoms with van der Waals surface area (Å²) in [5.74, 6) is -3.23. The molecule has 12 N–H and O–H groups in total. The first-order valence-electron chi connectivity index (χ1n) is 12.4. The molecule has 0 aliphatic heterocycles. The molecule has 4 atom stereocenters. The molecular weight excluding hydrogens is 512 g/mol. The van der Waals surface area contributed by atoms with Crippen LogP contribution >= 0.6 is 12.6 Å². The number of carboxylic acids is 1. The summed E-state index contributed by atoms with van der Waals surface area (Å²) in [5.41, 5.74) is 22.8. The molecule has 0 bridgehead atoms. The van der Waals surface area contributed by atoms with Crippen molar-refractivity contribution in [2.45, 2.75) is 62.7 Å². The number of thiol groups is 1. The number of aliphatic imine (C=N–C) groups is 1. The zero-order valence-electron chi connectivity index (χ0n) is 21.3. The lowest BCUT2D eigenvalue weighted by Crippen LogP contribution is -2.57. The van der Waals surface area contributed by atoms with E-state index in [0.29, 0.717) is 38.8 Å². The quantitative estimate of drug-likeness (QED) is 0.0431. The Balaban J connectivity index is 2.82. The van der Waals surface area contributed by atoms with Crippen molar-refractivity contribution >= 4 is 42.3 Å². The highest BCUT2D eigenvalue weighted by Gasteiger charge is 2.29. The van der Waals surface area contributed by atoms with Gasteiger partial charge in [0.15, 0.2) is 5.96 Å². The molecule has 0 fully saturated rings. The Kier molecular flexibility index (Phi) is 15.5. The highest BCUT2D eigenvalue weighted by atomic mass is 32.1. The number of nitrogens with two attached hydrogens (primary N) is 4. The van der Waals surface area contributed by atoms with Gasteiger partial charge in [-0.05, 0) is 44.2 Å². The molecule has 14 heteroatoms. The van der Waals surface area contributed by atoms with Crippen molar-refractivity contribution < 1.29 is 24.3 Å². The fourth-order valence-electron chi connectivity index (χ4n) is 3.48. The zero-order chi connectivity index (χ0) is 28.5. The smallest absolute Gasteiger partial charge is 0.326 e. The zero-order valence-corrected chi connectivity index (χ0v) is 22.2. The van der Waals surface area contributed by atoms with Crippen molar-refractivity contribution in [3.8, 4) is 0 Å². The molecule has 0 aromatic heterocycles. The highest BCUT2D eigenvalue weighted by molar-refractivity contribution is 7.80. The van der Waals surface area contributed by atoms with Crippen molar-refractivity contribution in [1.82, 2.24) is 16.0 Å². The maximum atomic E-state index is 13.0. The van der Waals surface area contributed by atoms with E-state index >= 15 is 0 Å². The Labute approximate surface area is 228 Å². The minimum absolute atomic E-state index is 0.0582. The molecular formula is C24H40N8O5S. The number of carbonyl (C=O) groups excluding carboxylic acids is 3. The number of guanidine groups is 1. The Morgan fingerprint density at radius 3 is 2.05 bits per heavy atom. The third-order valence-electron chi connectivity index (χ3n) is 5.60. The number of aliphatic carboxylic acids is 1. The maximum Gasteiger partial charge on any atom is 0.326 e. The molecule has 38 heavy (non-hydrogen) atoms. The Morgan fingerprint density at radius 1 is 0.868 bits per heavy atom. The summed E-state index contributed by atoms with van der Waals surface area (Å²) in [5, 5.41) is 17.2. The third kappa shape index (κ3) is 12.7. The number of nitrogens with zero attached hydrogens (tertiary/aromatic N) is 1. The first-order valence-corrected chi connectivity index (χ1v) is 13.0. The lowest BCUT2D eigenvalue weighted by Gasteiger charge is -2.24. The van der Waals surface area contributed by atoms with Crippen LogP contribution in [0.2, 0.25) is 0 Å². The van der Waals surface area contributed by atoms with Crippen LogP contribution < -0.4 is 38.9 Å². The first-order chi connectivity index (χ1) is 18.1. The molecule has 13 nitrogen and oxygen atoms in total. The molecule has 0 radical (unpaired) electrons. The number of nitrogens with one attached hydrogen (secondary N) is 3. The monoisotopic (exact) mass is 552 g/mol. The van der Waals surface area contributed by atoms with Gasteiger partial charge in [-0.3, -0.25) is 19.4 Å². The van der Waals surface area contributed by atoms with E-state index in [-0.39, 0.29) is 24.6 Å². The summed E-state index contributed by atoms with van der Waals surface area (Å²) in [7, 11) is 0. The largest absolute Gasteiger partial charge is 0.480 e. The molecule has 1 rings (SSSR count). The predicted octanol–water partition coefficient (Wildman–Crippen LogP) is -1.79. The van der Waals surface area contributed by atoms with Gasteiger partial charge >= 0.3 is 5.97 Å². The summed E-state index contributed by atoms with van der Waals surface area (Å²) in [6.45, 7) is 0.719. The normalized spacial score (nSPS) is 13.9. The molecule has 0 saturated heterocycles. The molecule has 3 amide bonds. The molecule has 0 heterocycles. The predicted molar refractivity (Wildman–Crippen MR) is 148 cm³/mol. The van der Waals surface area contributed by atoms with Gasteiger partial charge in [0.25, 0.3) is 0 Å². The fraction of sp³-hybridized carbons (Fsp3) is 0.542. The second kappa shape index (κ2) is 18.0. The molecule has 212 valence electrons. The Morgan fingerprint density at radius 2 is 1.47 bits per heavy atom. The lowest BCUT2D eigenvalue weighted by atomic mass is 10.1. The number of amides is 3. The summed E-state index contributed by atoms with van der Waals surface area (Å²) in [6.07, 6.45) is 2.26. The summed E-state index contributed by atoms with van der Waals surface area (Å²) < 4.78 is 0. The van der Waals surface area contributed by atoms with E-state index in [0.717, 1.165) is 5.56 Å². The summed E-state index contributed by atoms with van der Waals surface area (Å²) >= 11 is 4.15. The SMILES string of the molecule is NCCCCC(NC(=O)C(N)CCCN=C(N)N)C(=O)NC(CS)C(=O)NC(Cc1ccccc1)C(=O)O. The standard InChI is InChI=1S/C24H40N8O5S/c25-11-5-4-10-17(30-20(33)16(26)9-6-12-29-24(27)28)21(34)32-19(14-38)22(35)31-18(23(36)37)13-15-7-2-1-3-8-15/h1-3,7-8,16-19,38H,4-6,9-14,25-26H2,(H,30,33)(H,31,35)(H,32,34)(H,36,37)(H4,27,28,29). The lowest BCUT2D eigenvalue weighted by molar-refractivity contribution is -0.142. The number of unbranched alkanes of at least 4 members (excludes halogenated alkanes) is 1. The number of hydrogen-bond donors (Lipinski definition) is 9. The number of carbonyl (C=O) groups is 4. The van der Waals surface area contributed by atoms with E-state index in [9.17, 15) is 24.3 Å². The number of carboxylic acid groups (broad SMARTS) is 1. The van der Waals surface area contributed by atoms with Crippen molar-refractivity contribution in [1.29, 1.82) is 0 Å². The summed E-state index contributed by atoms with van der Waals surface area (Å²) in [6, 6.07) is 4.61. The topological polar surface area (TPSA) is 241 Å². The second-order valence-corrected chi connectivity index (χ2v) is 9.10. The van der Waals surface area contributed by atoms with E-state index in [1.54, 1.807) is 30.3 Å². The number of hydrogen-bond acceptors (Lipinski definition) is 8. The minimum Gasteiger partial charge on any atom is -0.480 e. The summed E-state index contributed by atoms with van der Waals surface area (Å²) in [4.78, 5) is 54.1. The van der Waals surface area contributed by atoms with Crippen molar-refractivity contribution in [2.24, 2.45) is 27.9 Å². The van der Waals surface area contributed by atoms with Crippen LogP contribution in [0.4, 0.5) is 0 Å². The molecule has 4 unspecified atom stereocenters. The van der Waals surface area contributed by atoms with Crippen LogP contribution in [0.1, 0.15) is 37.7 Å². The number of benzene rings is 1. The average molecular weight is 553 g/mol. The molecule has 0 spiro atoms. The van der Waals surface area contributed by atoms with Crippen LogP contribution in [0, 0.1) is 0 Å². The van der Waals surface area contributed by atoms with Crippen LogP contribution in [-0.4, -0.2) is 77.8 Å². The fourth-order valence-corrected chi connectivity index (χ4v) is 3.74. The van der Waals surface area contributed by atoms with Crippen LogP contribution in [0.3, 0.4) is 0 Å². The van der Waals surface area contributed by atoms with Gasteiger partial charge in [0.05, 0.1) is 6.04 Å². The maximum absolute atomic E-state index is 13.0. The van der Waals surface area contributed by atoms with E-state index < -0.39 is 47.9 Å². The van der Waals surface area contributed by atoms with Gasteiger partial charge in [0, 0.05) is 18.7 Å². The molecule has 0 aliphatic rings. The molecule has 0 aliphatic carbocycles. The van der Waals surface area contributed by atoms with E-state index in [1.807, 2.05) is 0 Å². The van der Waals surface area contributed by atoms with Gasteiger partial charge in [-0.1, -0.05) is 30.3 Å². The van der Waals surface area contributed by atoms with Gasteiger partial charge in [0.2, 0.25) is 17.7 Å². The van der Waals surface area contributed by atoms with Crippen LogP contribution in [0.25, 0.3) is 0 Å². The van der Waals surface area contributed by atoms with Gasteiger partial charge < -0.3 is 44.0 Å². The average Bonchev–Trinajstić information content (AvgIpc) is 2.88. The first kappa shape index (κ1) is 32.7. The van der Waals surface area contributed by atoms with Crippen LogP contribution in [-0.2, 0) is 25.6 Å². The van der Waals surface area contributed by atoms with Gasteiger partial charge in [-0.25, -0.2) is 4.79 Å². The molecule has 0 saturated carbocycles. The third-order valence-corrected chi connectivity index (χ3v) is 5.96.